The number of halogens is 2. The molecule has 1 heterocycles. The molecule has 0 radical (unpaired) electrons. The number of methoxy groups -OCH3 is 3. The molecule has 0 aromatic heterocycles. The first kappa shape index (κ1) is 24.9. The molecule has 6 nitrogen and oxygen atoms in total. The normalized spacial score (nSPS) is 19.6. The molecule has 3 aromatic carbocycles. The van der Waals surface area contributed by atoms with Crippen molar-refractivity contribution in [3.63, 3.8) is 0 Å². The Hall–Kier alpha value is -3.81. The lowest BCUT2D eigenvalue weighted by Crippen LogP contribution is -2.50. The van der Waals surface area contributed by atoms with Gasteiger partial charge in [0.25, 0.3) is 0 Å². The molecule has 2 atom stereocenters. The molecule has 0 bridgehead atoms. The van der Waals surface area contributed by atoms with Gasteiger partial charge in [0.15, 0.2) is 23.1 Å². The maximum Gasteiger partial charge on any atom is 0.231 e. The van der Waals surface area contributed by atoms with Gasteiger partial charge in [0, 0.05) is 18.1 Å². The van der Waals surface area contributed by atoms with Crippen molar-refractivity contribution in [2.45, 2.75) is 43.2 Å². The zero-order valence-corrected chi connectivity index (χ0v) is 21.0. The van der Waals surface area contributed by atoms with E-state index < -0.39 is 17.0 Å². The van der Waals surface area contributed by atoms with Crippen molar-refractivity contribution in [3.8, 4) is 23.0 Å². The molecule has 1 saturated carbocycles. The van der Waals surface area contributed by atoms with Crippen molar-refractivity contribution in [2.24, 2.45) is 0 Å². The second-order valence-electron chi connectivity index (χ2n) is 9.45. The van der Waals surface area contributed by atoms with Crippen LogP contribution in [-0.2, 0) is 10.2 Å². The number of benzene rings is 3. The topological polar surface area (TPSA) is 66.0 Å². The summed E-state index contributed by atoms with van der Waals surface area (Å²) in [6, 6.07) is 14.5. The van der Waals surface area contributed by atoms with Gasteiger partial charge in [-0.15, -0.1) is 0 Å². The molecule has 1 aliphatic carbocycles. The molecule has 1 unspecified atom stereocenters. The van der Waals surface area contributed by atoms with Crippen LogP contribution in [0.5, 0.6) is 23.0 Å². The van der Waals surface area contributed by atoms with Crippen LogP contribution in [0.3, 0.4) is 0 Å². The van der Waals surface area contributed by atoms with Gasteiger partial charge in [-0.3, -0.25) is 4.79 Å². The summed E-state index contributed by atoms with van der Waals surface area (Å²) in [5.41, 5.74) is 1.29. The summed E-state index contributed by atoms with van der Waals surface area (Å²) in [4.78, 5) is 13.7. The summed E-state index contributed by atoms with van der Waals surface area (Å²) in [6.45, 7) is 0. The molecule has 194 valence electrons. The molecule has 1 fully saturated rings. The standard InChI is InChI=1S/C29H29F2NO5/c1-34-19-7-8-20-23(32-28(33)29(11-4-12-29)18-6-9-21(30)22(31)14-18)16-25(37-26(20)15-19)17-5-10-24(35-2)27(13-17)36-3/h5-10,13-15,23,25H,4,11-12,16H2,1-3H3,(H,32,33)/t23?,25-/m0/s1. The second kappa shape index (κ2) is 9.92. The van der Waals surface area contributed by atoms with Crippen LogP contribution < -0.4 is 24.3 Å². The Morgan fingerprint density at radius 2 is 1.70 bits per heavy atom. The monoisotopic (exact) mass is 509 g/mol. The first-order valence-electron chi connectivity index (χ1n) is 12.2. The van der Waals surface area contributed by atoms with Crippen molar-refractivity contribution >= 4 is 5.91 Å². The smallest absolute Gasteiger partial charge is 0.231 e. The largest absolute Gasteiger partial charge is 0.497 e. The van der Waals surface area contributed by atoms with Crippen LogP contribution in [-0.4, -0.2) is 27.2 Å². The van der Waals surface area contributed by atoms with Gasteiger partial charge in [-0.2, -0.15) is 0 Å². The van der Waals surface area contributed by atoms with Gasteiger partial charge < -0.3 is 24.3 Å². The Bertz CT molecular complexity index is 1320. The molecule has 0 spiro atoms. The van der Waals surface area contributed by atoms with Gasteiger partial charge in [0.1, 0.15) is 17.6 Å². The van der Waals surface area contributed by atoms with Gasteiger partial charge in [0.05, 0.1) is 32.8 Å². The van der Waals surface area contributed by atoms with E-state index in [1.54, 1.807) is 27.4 Å². The number of nitrogens with one attached hydrogen (secondary N) is 1. The third kappa shape index (κ3) is 4.45. The van der Waals surface area contributed by atoms with Crippen molar-refractivity contribution in [1.29, 1.82) is 0 Å². The molecule has 3 aromatic rings. The van der Waals surface area contributed by atoms with Crippen LogP contribution in [0.1, 0.15) is 54.5 Å². The van der Waals surface area contributed by atoms with Crippen LogP contribution in [0.4, 0.5) is 8.78 Å². The number of hydrogen-bond acceptors (Lipinski definition) is 5. The lowest BCUT2D eigenvalue weighted by molar-refractivity contribution is -0.131. The van der Waals surface area contributed by atoms with Gasteiger partial charge in [-0.05, 0) is 60.4 Å². The van der Waals surface area contributed by atoms with Crippen LogP contribution in [0.15, 0.2) is 54.6 Å². The van der Waals surface area contributed by atoms with Crippen LogP contribution >= 0.6 is 0 Å². The molecular weight excluding hydrogens is 480 g/mol. The van der Waals surface area contributed by atoms with Crippen molar-refractivity contribution in [2.75, 3.05) is 21.3 Å². The molecule has 0 saturated heterocycles. The number of carbonyl (C=O) groups is 1. The molecule has 8 heteroatoms. The van der Waals surface area contributed by atoms with E-state index in [9.17, 15) is 13.6 Å². The first-order valence-corrected chi connectivity index (χ1v) is 12.2. The summed E-state index contributed by atoms with van der Waals surface area (Å²) in [5.74, 6) is 0.335. The SMILES string of the molecule is COc1ccc2c(c1)O[C@H](c1ccc(OC)c(OC)c1)CC2NC(=O)C1(c2ccc(F)c(F)c2)CCC1. The average Bonchev–Trinajstić information content (AvgIpc) is 2.89. The molecule has 1 amide bonds. The zero-order valence-electron chi connectivity index (χ0n) is 21.0. The molecule has 2 aliphatic rings. The second-order valence-corrected chi connectivity index (χ2v) is 9.45. The van der Waals surface area contributed by atoms with Gasteiger partial charge in [-0.25, -0.2) is 8.78 Å². The predicted molar refractivity (Wildman–Crippen MR) is 133 cm³/mol. The van der Waals surface area contributed by atoms with Crippen molar-refractivity contribution in [3.05, 3.63) is 82.9 Å². The van der Waals surface area contributed by atoms with E-state index in [0.717, 1.165) is 29.7 Å². The highest BCUT2D eigenvalue weighted by atomic mass is 19.2. The number of rotatable bonds is 7. The maximum atomic E-state index is 14.1. The average molecular weight is 510 g/mol. The summed E-state index contributed by atoms with van der Waals surface area (Å²) in [5, 5.41) is 3.21. The highest BCUT2D eigenvalue weighted by Crippen LogP contribution is 2.47. The Morgan fingerprint density at radius 3 is 2.35 bits per heavy atom. The van der Waals surface area contributed by atoms with Crippen molar-refractivity contribution < 1.29 is 32.5 Å². The predicted octanol–water partition coefficient (Wildman–Crippen LogP) is 5.79. The summed E-state index contributed by atoms with van der Waals surface area (Å²) >= 11 is 0. The summed E-state index contributed by atoms with van der Waals surface area (Å²) in [7, 11) is 4.73. The first-order chi connectivity index (χ1) is 17.9. The fourth-order valence-corrected chi connectivity index (χ4v) is 5.24. The van der Waals surface area contributed by atoms with E-state index in [2.05, 4.69) is 5.32 Å². The number of fused-ring (bicyclic) bond motifs is 1. The quantitative estimate of drug-likeness (QED) is 0.437. The fraction of sp³-hybridized carbons (Fsp3) is 0.345. The van der Waals surface area contributed by atoms with E-state index in [1.165, 1.54) is 6.07 Å². The Labute approximate surface area is 214 Å². The molecule has 5 rings (SSSR count). The van der Waals surface area contributed by atoms with Crippen molar-refractivity contribution in [1.82, 2.24) is 5.32 Å². The molecule has 37 heavy (non-hydrogen) atoms. The minimum atomic E-state index is -0.950. The molecule has 1 aliphatic heterocycles. The van der Waals surface area contributed by atoms with Gasteiger partial charge in [0.2, 0.25) is 5.91 Å². The molecular formula is C29H29F2NO5. The maximum absolute atomic E-state index is 14.1. The third-order valence-corrected chi connectivity index (χ3v) is 7.51. The number of carbonyl (C=O) groups excluding carboxylic acids is 1. The van der Waals surface area contributed by atoms with Gasteiger partial charge >= 0.3 is 0 Å². The van der Waals surface area contributed by atoms with Crippen LogP contribution in [0.25, 0.3) is 0 Å². The number of hydrogen-bond donors (Lipinski definition) is 1. The summed E-state index contributed by atoms with van der Waals surface area (Å²) in [6.07, 6.45) is 2.06. The zero-order chi connectivity index (χ0) is 26.2. The Kier molecular flexibility index (Phi) is 6.67. The number of amides is 1. The van der Waals surface area contributed by atoms with Gasteiger partial charge in [-0.1, -0.05) is 18.6 Å². The van der Waals surface area contributed by atoms with Crippen LogP contribution in [0.2, 0.25) is 0 Å². The van der Waals surface area contributed by atoms with E-state index in [4.69, 9.17) is 18.9 Å². The summed E-state index contributed by atoms with van der Waals surface area (Å²) < 4.78 is 50.3. The molecule has 1 N–H and O–H groups in total. The fourth-order valence-electron chi connectivity index (χ4n) is 5.24. The van der Waals surface area contributed by atoms with E-state index in [-0.39, 0.29) is 18.1 Å². The van der Waals surface area contributed by atoms with Crippen LogP contribution in [0, 0.1) is 11.6 Å². The van der Waals surface area contributed by atoms with E-state index >= 15 is 0 Å². The number of ether oxygens (including phenoxy) is 4. The Balaban J connectivity index is 1.48. The van der Waals surface area contributed by atoms with E-state index in [0.29, 0.717) is 47.8 Å². The lowest BCUT2D eigenvalue weighted by atomic mass is 9.63. The highest BCUT2D eigenvalue weighted by Gasteiger charge is 2.47. The minimum absolute atomic E-state index is 0.204. The lowest BCUT2D eigenvalue weighted by Gasteiger charge is -2.42. The van der Waals surface area contributed by atoms with E-state index in [1.807, 2.05) is 30.3 Å². The third-order valence-electron chi connectivity index (χ3n) is 7.51. The minimum Gasteiger partial charge on any atom is -0.497 e. The highest BCUT2D eigenvalue weighted by molar-refractivity contribution is 5.89. The Morgan fingerprint density at radius 1 is 0.919 bits per heavy atom.